The van der Waals surface area contributed by atoms with Gasteiger partial charge in [-0.25, -0.2) is 9.97 Å². The second-order valence-electron chi connectivity index (χ2n) is 8.94. The molecule has 1 aliphatic rings. The molecular weight excluding hydrogens is 510 g/mol. The smallest absolute Gasteiger partial charge is 0.290 e. The first kappa shape index (κ1) is 23.4. The minimum atomic E-state index is -0.757. The second-order valence-corrected chi connectivity index (χ2v) is 10.4. The molecule has 2 aromatic carbocycles. The fourth-order valence-electron chi connectivity index (χ4n) is 4.98. The van der Waals surface area contributed by atoms with Crippen molar-refractivity contribution in [3.05, 3.63) is 99.7 Å². The number of hydrogen-bond donors (Lipinski definition) is 1. The molecule has 0 saturated carbocycles. The topological polar surface area (TPSA) is 92.7 Å². The van der Waals surface area contributed by atoms with Crippen molar-refractivity contribution in [1.82, 2.24) is 23.8 Å². The van der Waals surface area contributed by atoms with Crippen molar-refractivity contribution in [3.8, 4) is 0 Å². The Morgan fingerprint density at radius 2 is 2.00 bits per heavy atom. The Kier molecular flexibility index (Phi) is 5.81. The fraction of sp³-hybridized carbons (Fsp3) is 0.185. The Labute approximate surface area is 221 Å². The zero-order chi connectivity index (χ0) is 25.7. The second kappa shape index (κ2) is 9.17. The van der Waals surface area contributed by atoms with Crippen LogP contribution in [0.3, 0.4) is 0 Å². The van der Waals surface area contributed by atoms with Crippen molar-refractivity contribution in [1.29, 1.82) is 0 Å². The molecule has 0 aliphatic carbocycles. The van der Waals surface area contributed by atoms with Crippen LogP contribution < -0.4 is 0 Å². The van der Waals surface area contributed by atoms with Crippen LogP contribution in [0, 0.1) is 6.92 Å². The monoisotopic (exact) mass is 531 g/mol. The zero-order valence-electron chi connectivity index (χ0n) is 19.8. The Balaban J connectivity index is 1.40. The molecule has 1 unspecified atom stereocenters. The maximum absolute atomic E-state index is 14.0. The fourth-order valence-corrected chi connectivity index (χ4v) is 6.27. The summed E-state index contributed by atoms with van der Waals surface area (Å²) in [4.78, 5) is 38.7. The maximum atomic E-state index is 14.0. The number of imidazole rings is 2. The number of rotatable bonds is 7. The lowest BCUT2D eigenvalue weighted by atomic mass is 9.95. The molecule has 0 spiro atoms. The van der Waals surface area contributed by atoms with E-state index in [0.717, 1.165) is 16.7 Å². The van der Waals surface area contributed by atoms with Crippen molar-refractivity contribution in [2.45, 2.75) is 25.9 Å². The molecule has 0 saturated heterocycles. The first-order chi connectivity index (χ1) is 17.9. The highest BCUT2D eigenvalue weighted by Gasteiger charge is 2.44. The SMILES string of the molecule is Cc1c(C(=O)C2=C(O)C(=O)N(CCCn3ccnc3)C2c2cccc(Cl)c2)sc2nc3ccccc3n12. The summed E-state index contributed by atoms with van der Waals surface area (Å²) in [6.07, 6.45) is 5.88. The lowest BCUT2D eigenvalue weighted by molar-refractivity contribution is -0.129. The van der Waals surface area contributed by atoms with Gasteiger partial charge in [-0.2, -0.15) is 0 Å². The van der Waals surface area contributed by atoms with Gasteiger partial charge in [-0.15, -0.1) is 0 Å². The molecule has 6 rings (SSSR count). The van der Waals surface area contributed by atoms with E-state index in [1.165, 1.54) is 11.3 Å². The number of thiazole rings is 1. The number of amides is 1. The average molecular weight is 532 g/mol. The third-order valence-electron chi connectivity index (χ3n) is 6.68. The van der Waals surface area contributed by atoms with E-state index in [4.69, 9.17) is 11.6 Å². The Hall–Kier alpha value is -3.95. The molecule has 3 aromatic heterocycles. The Morgan fingerprint density at radius 1 is 1.16 bits per heavy atom. The zero-order valence-corrected chi connectivity index (χ0v) is 21.4. The van der Waals surface area contributed by atoms with E-state index in [1.54, 1.807) is 35.6 Å². The molecule has 1 aliphatic heterocycles. The van der Waals surface area contributed by atoms with E-state index in [2.05, 4.69) is 9.97 Å². The molecular formula is C27H22ClN5O3S. The summed E-state index contributed by atoms with van der Waals surface area (Å²) in [6.45, 7) is 2.84. The molecule has 8 nitrogen and oxygen atoms in total. The first-order valence-corrected chi connectivity index (χ1v) is 13.0. The van der Waals surface area contributed by atoms with Gasteiger partial charge in [0.15, 0.2) is 10.7 Å². The lowest BCUT2D eigenvalue weighted by Crippen LogP contribution is -2.32. The van der Waals surface area contributed by atoms with Crippen LogP contribution in [0.15, 0.2) is 78.6 Å². The predicted octanol–water partition coefficient (Wildman–Crippen LogP) is 5.38. The van der Waals surface area contributed by atoms with Crippen molar-refractivity contribution in [3.63, 3.8) is 0 Å². The van der Waals surface area contributed by atoms with E-state index >= 15 is 0 Å². The number of aliphatic hydroxyl groups excluding tert-OH is 1. The van der Waals surface area contributed by atoms with Gasteiger partial charge in [0.25, 0.3) is 5.91 Å². The van der Waals surface area contributed by atoms with Gasteiger partial charge < -0.3 is 14.6 Å². The van der Waals surface area contributed by atoms with Gasteiger partial charge in [-0.3, -0.25) is 14.0 Å². The molecule has 1 atom stereocenters. The van der Waals surface area contributed by atoms with Crippen LogP contribution in [-0.2, 0) is 11.3 Å². The van der Waals surface area contributed by atoms with E-state index in [9.17, 15) is 14.7 Å². The van der Waals surface area contributed by atoms with Gasteiger partial charge >= 0.3 is 0 Å². The van der Waals surface area contributed by atoms with Gasteiger partial charge in [0, 0.05) is 36.2 Å². The highest BCUT2D eigenvalue weighted by molar-refractivity contribution is 7.19. The van der Waals surface area contributed by atoms with Crippen LogP contribution in [-0.4, -0.2) is 47.2 Å². The van der Waals surface area contributed by atoms with Crippen molar-refractivity contribution >= 4 is 50.6 Å². The number of para-hydroxylation sites is 2. The third-order valence-corrected chi connectivity index (χ3v) is 8.06. The maximum Gasteiger partial charge on any atom is 0.290 e. The number of Topliss-reactive ketones (excluding diaryl/α,β-unsaturated/α-hetero) is 1. The van der Waals surface area contributed by atoms with Crippen molar-refractivity contribution in [2.75, 3.05) is 6.54 Å². The number of benzene rings is 2. The molecule has 0 radical (unpaired) electrons. The standard InChI is InChI=1S/C27H22ClN5O3S/c1-16-25(37-27-30-19-8-2-3-9-20(19)33(16)27)23(34)21-22(17-6-4-7-18(28)14-17)32(26(36)24(21)35)12-5-11-31-13-10-29-15-31/h2-4,6-10,13-15,22,35H,5,11-12H2,1H3. The molecule has 0 bridgehead atoms. The number of hydrogen-bond acceptors (Lipinski definition) is 6. The molecule has 186 valence electrons. The van der Waals surface area contributed by atoms with Crippen molar-refractivity contribution in [2.24, 2.45) is 0 Å². The van der Waals surface area contributed by atoms with E-state index in [-0.39, 0.29) is 11.4 Å². The van der Waals surface area contributed by atoms with Gasteiger partial charge in [0.1, 0.15) is 0 Å². The molecule has 1 amide bonds. The van der Waals surface area contributed by atoms with Gasteiger partial charge in [0.05, 0.1) is 33.9 Å². The van der Waals surface area contributed by atoms with Crippen LogP contribution in [0.5, 0.6) is 0 Å². The van der Waals surface area contributed by atoms with Gasteiger partial charge in [-0.1, -0.05) is 47.2 Å². The molecule has 5 aromatic rings. The quantitative estimate of drug-likeness (QED) is 0.285. The molecule has 4 heterocycles. The molecule has 1 N–H and O–H groups in total. The summed E-state index contributed by atoms with van der Waals surface area (Å²) in [5.41, 5.74) is 3.19. The molecule has 10 heteroatoms. The summed E-state index contributed by atoms with van der Waals surface area (Å²) in [5.74, 6) is -1.47. The number of ketones is 1. The van der Waals surface area contributed by atoms with Crippen LogP contribution >= 0.6 is 22.9 Å². The van der Waals surface area contributed by atoms with Crippen LogP contribution in [0.2, 0.25) is 5.02 Å². The minimum absolute atomic E-state index is 0.0619. The number of carbonyl (C=O) groups excluding carboxylic acids is 2. The summed E-state index contributed by atoms with van der Waals surface area (Å²) < 4.78 is 3.86. The summed E-state index contributed by atoms with van der Waals surface area (Å²) in [7, 11) is 0. The summed E-state index contributed by atoms with van der Waals surface area (Å²) in [5, 5.41) is 11.5. The number of fused-ring (bicyclic) bond motifs is 3. The number of aromatic nitrogens is 4. The van der Waals surface area contributed by atoms with E-state index in [1.807, 2.05) is 52.4 Å². The van der Waals surface area contributed by atoms with Crippen molar-refractivity contribution < 1.29 is 14.7 Å². The predicted molar refractivity (Wildman–Crippen MR) is 142 cm³/mol. The highest BCUT2D eigenvalue weighted by atomic mass is 35.5. The van der Waals surface area contributed by atoms with Gasteiger partial charge in [-0.05, 0) is 43.2 Å². The highest BCUT2D eigenvalue weighted by Crippen LogP contribution is 2.41. The van der Waals surface area contributed by atoms with Gasteiger partial charge in [0.2, 0.25) is 5.78 Å². The number of aryl methyl sites for hydroxylation is 2. The first-order valence-electron chi connectivity index (χ1n) is 11.8. The minimum Gasteiger partial charge on any atom is -0.503 e. The number of nitrogens with zero attached hydrogens (tertiary/aromatic N) is 5. The summed E-state index contributed by atoms with van der Waals surface area (Å²) >= 11 is 7.55. The average Bonchev–Trinajstić information content (AvgIpc) is 3.65. The van der Waals surface area contributed by atoms with Crippen LogP contribution in [0.1, 0.15) is 33.4 Å². The Bertz CT molecular complexity index is 1700. The Morgan fingerprint density at radius 3 is 2.78 bits per heavy atom. The van der Waals surface area contributed by atoms with E-state index in [0.29, 0.717) is 39.9 Å². The summed E-state index contributed by atoms with van der Waals surface area (Å²) in [6, 6.07) is 14.0. The van der Waals surface area contributed by atoms with Crippen LogP contribution in [0.4, 0.5) is 0 Å². The lowest BCUT2D eigenvalue weighted by Gasteiger charge is -2.27. The number of carbonyl (C=O) groups is 2. The largest absolute Gasteiger partial charge is 0.503 e. The molecule has 37 heavy (non-hydrogen) atoms. The number of halogens is 1. The number of aliphatic hydroxyl groups is 1. The van der Waals surface area contributed by atoms with Crippen LogP contribution in [0.25, 0.3) is 16.0 Å². The third kappa shape index (κ3) is 3.91. The van der Waals surface area contributed by atoms with E-state index < -0.39 is 17.7 Å². The molecule has 0 fully saturated rings. The normalized spacial score (nSPS) is 16.0.